The van der Waals surface area contributed by atoms with Crippen molar-refractivity contribution >= 4 is 23.1 Å². The van der Waals surface area contributed by atoms with Crippen LogP contribution in [-0.2, 0) is 0 Å². The Morgan fingerprint density at radius 2 is 1.92 bits per heavy atom. The average Bonchev–Trinajstić information content (AvgIpc) is 3.19. The van der Waals surface area contributed by atoms with Gasteiger partial charge in [-0.05, 0) is 58.0 Å². The SMILES string of the molecule is Cc1cc(C)n(-c2ccccc2NC(=O)N(C)C(C)c2ccc(C)s2)n1. The molecule has 136 valence electrons. The van der Waals surface area contributed by atoms with E-state index >= 15 is 0 Å². The first-order valence-corrected chi connectivity index (χ1v) is 9.41. The van der Waals surface area contributed by atoms with Crippen LogP contribution in [-0.4, -0.2) is 27.8 Å². The maximum Gasteiger partial charge on any atom is 0.322 e. The number of carbonyl (C=O) groups is 1. The Morgan fingerprint density at radius 1 is 1.19 bits per heavy atom. The summed E-state index contributed by atoms with van der Waals surface area (Å²) in [6.07, 6.45) is 0. The van der Waals surface area contributed by atoms with Crippen molar-refractivity contribution in [2.45, 2.75) is 33.7 Å². The van der Waals surface area contributed by atoms with E-state index in [9.17, 15) is 4.79 Å². The fourth-order valence-electron chi connectivity index (χ4n) is 2.88. The van der Waals surface area contributed by atoms with Crippen LogP contribution in [0.3, 0.4) is 0 Å². The van der Waals surface area contributed by atoms with Gasteiger partial charge < -0.3 is 10.2 Å². The molecule has 3 aromatic rings. The number of amides is 2. The molecule has 26 heavy (non-hydrogen) atoms. The number of aryl methyl sites for hydroxylation is 3. The van der Waals surface area contributed by atoms with Crippen LogP contribution in [0.4, 0.5) is 10.5 Å². The number of hydrogen-bond donors (Lipinski definition) is 1. The zero-order chi connectivity index (χ0) is 18.8. The number of benzene rings is 1. The lowest BCUT2D eigenvalue weighted by Crippen LogP contribution is -2.33. The number of hydrogen-bond acceptors (Lipinski definition) is 3. The van der Waals surface area contributed by atoms with Crippen LogP contribution in [0, 0.1) is 20.8 Å². The number of para-hydroxylation sites is 2. The summed E-state index contributed by atoms with van der Waals surface area (Å²) in [7, 11) is 1.82. The smallest absolute Gasteiger partial charge is 0.320 e. The number of nitrogens with one attached hydrogen (secondary N) is 1. The minimum absolute atomic E-state index is 0.00884. The van der Waals surface area contributed by atoms with Gasteiger partial charge in [0.15, 0.2) is 0 Å². The second-order valence-electron chi connectivity index (χ2n) is 6.52. The molecule has 0 spiro atoms. The molecule has 0 bridgehead atoms. The zero-order valence-corrected chi connectivity index (χ0v) is 16.6. The van der Waals surface area contributed by atoms with E-state index in [1.807, 2.05) is 62.8 Å². The first kappa shape index (κ1) is 18.2. The van der Waals surface area contributed by atoms with Crippen molar-refractivity contribution in [1.82, 2.24) is 14.7 Å². The van der Waals surface area contributed by atoms with Gasteiger partial charge in [0, 0.05) is 22.5 Å². The zero-order valence-electron chi connectivity index (χ0n) is 15.8. The molecule has 6 heteroatoms. The standard InChI is InChI=1S/C20H24N4OS/c1-13-12-14(2)24(22-13)18-9-7-6-8-17(18)21-20(25)23(5)16(4)19-11-10-15(3)26-19/h6-12,16H,1-5H3,(H,21,25). The summed E-state index contributed by atoms with van der Waals surface area (Å²) in [5.74, 6) is 0. The third kappa shape index (κ3) is 3.65. The van der Waals surface area contributed by atoms with Gasteiger partial charge in [-0.3, -0.25) is 0 Å². The third-order valence-electron chi connectivity index (χ3n) is 4.46. The fourth-order valence-corrected chi connectivity index (χ4v) is 3.86. The van der Waals surface area contributed by atoms with Crippen molar-refractivity contribution < 1.29 is 4.79 Å². The van der Waals surface area contributed by atoms with Crippen molar-refractivity contribution in [3.63, 3.8) is 0 Å². The van der Waals surface area contributed by atoms with Gasteiger partial charge in [0.1, 0.15) is 0 Å². The molecule has 2 aromatic heterocycles. The van der Waals surface area contributed by atoms with Gasteiger partial charge in [0.2, 0.25) is 0 Å². The number of thiophene rings is 1. The molecule has 1 aromatic carbocycles. The molecule has 0 aliphatic heterocycles. The highest BCUT2D eigenvalue weighted by molar-refractivity contribution is 7.12. The Balaban J connectivity index is 1.83. The van der Waals surface area contributed by atoms with E-state index in [1.54, 1.807) is 16.2 Å². The highest BCUT2D eigenvalue weighted by atomic mass is 32.1. The van der Waals surface area contributed by atoms with E-state index in [2.05, 4.69) is 29.5 Å². The lowest BCUT2D eigenvalue weighted by atomic mass is 10.2. The summed E-state index contributed by atoms with van der Waals surface area (Å²) in [5, 5.41) is 7.57. The molecular formula is C20H24N4OS. The van der Waals surface area contributed by atoms with Gasteiger partial charge in [-0.15, -0.1) is 11.3 Å². The van der Waals surface area contributed by atoms with Crippen molar-refractivity contribution in [2.24, 2.45) is 0 Å². The molecule has 0 saturated heterocycles. The third-order valence-corrected chi connectivity index (χ3v) is 5.63. The first-order chi connectivity index (χ1) is 12.4. The van der Waals surface area contributed by atoms with E-state index in [-0.39, 0.29) is 12.1 Å². The number of anilines is 1. The maximum absolute atomic E-state index is 12.8. The van der Waals surface area contributed by atoms with Crippen LogP contribution in [0.15, 0.2) is 42.5 Å². The van der Waals surface area contributed by atoms with Gasteiger partial charge >= 0.3 is 6.03 Å². The molecule has 0 fully saturated rings. The molecule has 1 atom stereocenters. The molecule has 3 rings (SSSR count). The van der Waals surface area contributed by atoms with Crippen LogP contribution in [0.5, 0.6) is 0 Å². The number of rotatable bonds is 4. The summed E-state index contributed by atoms with van der Waals surface area (Å²) in [5.41, 5.74) is 3.58. The van der Waals surface area contributed by atoms with Crippen LogP contribution < -0.4 is 5.32 Å². The summed E-state index contributed by atoms with van der Waals surface area (Å²) in [6.45, 7) is 8.08. The molecule has 0 aliphatic carbocycles. The van der Waals surface area contributed by atoms with E-state index < -0.39 is 0 Å². The van der Waals surface area contributed by atoms with Gasteiger partial charge in [-0.2, -0.15) is 5.10 Å². The Kier molecular flexibility index (Phi) is 5.13. The number of carbonyl (C=O) groups excluding carboxylic acids is 1. The molecular weight excluding hydrogens is 344 g/mol. The van der Waals surface area contributed by atoms with Crippen LogP contribution in [0.25, 0.3) is 5.69 Å². The Hall–Kier alpha value is -2.60. The Morgan fingerprint density at radius 3 is 2.54 bits per heavy atom. The highest BCUT2D eigenvalue weighted by Crippen LogP contribution is 2.27. The van der Waals surface area contributed by atoms with Crippen molar-refractivity contribution in [3.8, 4) is 5.69 Å². The maximum atomic E-state index is 12.8. The normalized spacial score (nSPS) is 12.0. The van der Waals surface area contributed by atoms with Gasteiger partial charge in [-0.1, -0.05) is 12.1 Å². The summed E-state index contributed by atoms with van der Waals surface area (Å²) in [4.78, 5) is 16.9. The van der Waals surface area contributed by atoms with E-state index in [0.717, 1.165) is 22.8 Å². The van der Waals surface area contributed by atoms with Gasteiger partial charge in [0.05, 0.1) is 23.1 Å². The van der Waals surface area contributed by atoms with Crippen LogP contribution in [0.2, 0.25) is 0 Å². The fraction of sp³-hybridized carbons (Fsp3) is 0.300. The molecule has 0 saturated carbocycles. The molecule has 1 unspecified atom stereocenters. The predicted octanol–water partition coefficient (Wildman–Crippen LogP) is 5.08. The second-order valence-corrected chi connectivity index (χ2v) is 7.84. The van der Waals surface area contributed by atoms with E-state index in [4.69, 9.17) is 0 Å². The molecule has 2 amide bonds. The minimum atomic E-state index is -0.141. The van der Waals surface area contributed by atoms with Crippen LogP contribution >= 0.6 is 11.3 Å². The number of nitrogens with zero attached hydrogens (tertiary/aromatic N) is 3. The molecule has 2 heterocycles. The molecule has 5 nitrogen and oxygen atoms in total. The van der Waals surface area contributed by atoms with E-state index in [0.29, 0.717) is 0 Å². The molecule has 1 N–H and O–H groups in total. The van der Waals surface area contributed by atoms with E-state index in [1.165, 1.54) is 9.75 Å². The Bertz CT molecular complexity index is 928. The van der Waals surface area contributed by atoms with Gasteiger partial charge in [0.25, 0.3) is 0 Å². The van der Waals surface area contributed by atoms with Crippen LogP contribution in [0.1, 0.15) is 34.1 Å². The molecule has 0 radical (unpaired) electrons. The largest absolute Gasteiger partial charge is 0.322 e. The predicted molar refractivity (Wildman–Crippen MR) is 107 cm³/mol. The monoisotopic (exact) mass is 368 g/mol. The topological polar surface area (TPSA) is 50.2 Å². The highest BCUT2D eigenvalue weighted by Gasteiger charge is 2.20. The minimum Gasteiger partial charge on any atom is -0.320 e. The lowest BCUT2D eigenvalue weighted by molar-refractivity contribution is 0.209. The first-order valence-electron chi connectivity index (χ1n) is 8.59. The van der Waals surface area contributed by atoms with Crippen molar-refractivity contribution in [2.75, 3.05) is 12.4 Å². The summed E-state index contributed by atoms with van der Waals surface area (Å²) in [6, 6.07) is 13.8. The summed E-state index contributed by atoms with van der Waals surface area (Å²) >= 11 is 1.72. The second kappa shape index (κ2) is 7.33. The average molecular weight is 369 g/mol. The number of urea groups is 1. The Labute approximate surface area is 158 Å². The quantitative estimate of drug-likeness (QED) is 0.698. The van der Waals surface area contributed by atoms with Gasteiger partial charge in [-0.25, -0.2) is 9.48 Å². The molecule has 0 aliphatic rings. The summed E-state index contributed by atoms with van der Waals surface area (Å²) < 4.78 is 1.86. The lowest BCUT2D eigenvalue weighted by Gasteiger charge is -2.25. The number of aromatic nitrogens is 2. The van der Waals surface area contributed by atoms with Crippen molar-refractivity contribution in [1.29, 1.82) is 0 Å². The van der Waals surface area contributed by atoms with Crippen molar-refractivity contribution in [3.05, 3.63) is 63.6 Å².